The summed E-state index contributed by atoms with van der Waals surface area (Å²) in [5, 5.41) is 9.42. The summed E-state index contributed by atoms with van der Waals surface area (Å²) in [6.07, 6.45) is 1.20. The van der Waals surface area contributed by atoms with Crippen molar-refractivity contribution >= 4 is 5.91 Å². The third-order valence-electron chi connectivity index (χ3n) is 5.82. The molecule has 0 aliphatic carbocycles. The number of hydrogen-bond donors (Lipinski definition) is 2. The molecular weight excluding hydrogens is 359 g/mol. The smallest absolute Gasteiger partial charge is 0.252 e. The lowest BCUT2D eigenvalue weighted by Crippen LogP contribution is -2.56. The van der Waals surface area contributed by atoms with E-state index in [4.69, 9.17) is 10.5 Å². The van der Waals surface area contributed by atoms with Crippen LogP contribution in [0.15, 0.2) is 48.5 Å². The largest absolute Gasteiger partial charge is 0.394 e. The highest BCUT2D eigenvalue weighted by molar-refractivity contribution is 5.82. The molecule has 2 heterocycles. The van der Waals surface area contributed by atoms with E-state index in [1.165, 1.54) is 17.7 Å². The number of benzene rings is 2. The zero-order valence-electron chi connectivity index (χ0n) is 15.7. The number of amides is 1. The number of carbonyl (C=O) groups is 1. The van der Waals surface area contributed by atoms with Crippen LogP contribution in [-0.4, -0.2) is 47.3 Å². The monoisotopic (exact) mass is 384 g/mol. The molecule has 28 heavy (non-hydrogen) atoms. The topological polar surface area (TPSA) is 75.8 Å². The van der Waals surface area contributed by atoms with Gasteiger partial charge in [-0.25, -0.2) is 4.39 Å². The second-order valence-corrected chi connectivity index (χ2v) is 7.79. The van der Waals surface area contributed by atoms with Gasteiger partial charge in [-0.3, -0.25) is 4.79 Å². The van der Waals surface area contributed by atoms with Crippen LogP contribution < -0.4 is 5.73 Å². The summed E-state index contributed by atoms with van der Waals surface area (Å²) in [6, 6.07) is 14.1. The predicted octanol–water partition coefficient (Wildman–Crippen LogP) is 2.17. The number of halogens is 1. The third-order valence-corrected chi connectivity index (χ3v) is 5.82. The van der Waals surface area contributed by atoms with Gasteiger partial charge in [0.25, 0.3) is 5.91 Å². The quantitative estimate of drug-likeness (QED) is 0.851. The molecule has 3 N–H and O–H groups in total. The number of nitrogens with two attached hydrogens (primary N) is 1. The Kier molecular flexibility index (Phi) is 5.19. The van der Waals surface area contributed by atoms with Gasteiger partial charge in [-0.2, -0.15) is 0 Å². The minimum Gasteiger partial charge on any atom is -0.394 e. The zero-order valence-corrected chi connectivity index (χ0v) is 15.7. The first kappa shape index (κ1) is 19.1. The lowest BCUT2D eigenvalue weighted by molar-refractivity contribution is -0.152. The molecular formula is C22H25FN2O3. The van der Waals surface area contributed by atoms with Crippen LogP contribution in [0.5, 0.6) is 0 Å². The molecule has 0 spiro atoms. The highest BCUT2D eigenvalue weighted by Crippen LogP contribution is 2.36. The van der Waals surface area contributed by atoms with E-state index in [2.05, 4.69) is 6.07 Å². The SMILES string of the molecule is N[C@@]1(CO)CC[C@@H](C(=O)N2CCc3ccccc3[C@@H]2c2ccc(F)cc2)OC1. The molecule has 6 heteroatoms. The summed E-state index contributed by atoms with van der Waals surface area (Å²) in [5.74, 6) is -0.381. The molecule has 1 amide bonds. The van der Waals surface area contributed by atoms with Crippen LogP contribution in [0.25, 0.3) is 0 Å². The van der Waals surface area contributed by atoms with Crippen LogP contribution in [0.3, 0.4) is 0 Å². The average Bonchev–Trinajstić information content (AvgIpc) is 2.74. The van der Waals surface area contributed by atoms with Crippen LogP contribution in [0.2, 0.25) is 0 Å². The molecule has 148 valence electrons. The molecule has 1 fully saturated rings. The van der Waals surface area contributed by atoms with Crippen molar-refractivity contribution in [3.63, 3.8) is 0 Å². The fraction of sp³-hybridized carbons (Fsp3) is 0.409. The molecule has 0 aromatic heterocycles. The van der Waals surface area contributed by atoms with Crippen LogP contribution >= 0.6 is 0 Å². The Morgan fingerprint density at radius 3 is 2.68 bits per heavy atom. The fourth-order valence-electron chi connectivity index (χ4n) is 4.15. The Bertz CT molecular complexity index is 847. The van der Waals surface area contributed by atoms with Gasteiger partial charge < -0.3 is 20.5 Å². The molecule has 4 rings (SSSR count). The first-order chi connectivity index (χ1) is 13.5. The Balaban J connectivity index is 1.64. The molecule has 2 aliphatic heterocycles. The number of carbonyl (C=O) groups excluding carboxylic acids is 1. The van der Waals surface area contributed by atoms with Gasteiger partial charge in [0.1, 0.15) is 11.9 Å². The molecule has 0 saturated carbocycles. The summed E-state index contributed by atoms with van der Waals surface area (Å²) in [5.41, 5.74) is 8.42. The van der Waals surface area contributed by atoms with Crippen LogP contribution in [0, 0.1) is 5.82 Å². The Labute approximate surface area is 163 Å². The molecule has 2 aliphatic rings. The Morgan fingerprint density at radius 1 is 1.25 bits per heavy atom. The van der Waals surface area contributed by atoms with E-state index in [0.29, 0.717) is 19.4 Å². The van der Waals surface area contributed by atoms with E-state index in [1.807, 2.05) is 23.1 Å². The highest BCUT2D eigenvalue weighted by Gasteiger charge is 2.40. The standard InChI is InChI=1S/C22H25FN2O3/c23-17-7-5-16(6-8-17)20-18-4-2-1-3-15(18)10-12-25(20)21(27)19-9-11-22(24,13-26)14-28-19/h1-8,19-20,26H,9-14,24H2/t19-,20-,22+/m0/s1. The minimum absolute atomic E-state index is 0.0798. The van der Waals surface area contributed by atoms with Gasteiger partial charge in [0.05, 0.1) is 24.8 Å². The first-order valence-electron chi connectivity index (χ1n) is 9.66. The average molecular weight is 384 g/mol. The second-order valence-electron chi connectivity index (χ2n) is 7.79. The maximum Gasteiger partial charge on any atom is 0.252 e. The summed E-state index contributed by atoms with van der Waals surface area (Å²) >= 11 is 0. The summed E-state index contributed by atoms with van der Waals surface area (Å²) < 4.78 is 19.2. The van der Waals surface area contributed by atoms with Gasteiger partial charge in [0.2, 0.25) is 0 Å². The van der Waals surface area contributed by atoms with Crippen LogP contribution in [-0.2, 0) is 16.0 Å². The number of nitrogens with zero attached hydrogens (tertiary/aromatic N) is 1. The van der Waals surface area contributed by atoms with Gasteiger partial charge in [0.15, 0.2) is 0 Å². The molecule has 2 aromatic rings. The van der Waals surface area contributed by atoms with E-state index in [0.717, 1.165) is 17.5 Å². The second kappa shape index (κ2) is 7.62. The summed E-state index contributed by atoms with van der Waals surface area (Å²) in [7, 11) is 0. The molecule has 2 aromatic carbocycles. The van der Waals surface area contributed by atoms with E-state index >= 15 is 0 Å². The van der Waals surface area contributed by atoms with Crippen LogP contribution in [0.4, 0.5) is 4.39 Å². The zero-order chi connectivity index (χ0) is 19.7. The fourth-order valence-corrected chi connectivity index (χ4v) is 4.15. The van der Waals surface area contributed by atoms with Gasteiger partial charge >= 0.3 is 0 Å². The number of ether oxygens (including phenoxy) is 1. The van der Waals surface area contributed by atoms with Crippen molar-refractivity contribution in [1.82, 2.24) is 4.90 Å². The number of rotatable bonds is 3. The maximum absolute atomic E-state index is 13.5. The highest BCUT2D eigenvalue weighted by atomic mass is 19.1. The van der Waals surface area contributed by atoms with E-state index in [-0.39, 0.29) is 31.0 Å². The lowest BCUT2D eigenvalue weighted by Gasteiger charge is -2.42. The first-order valence-corrected chi connectivity index (χ1v) is 9.66. The number of hydrogen-bond acceptors (Lipinski definition) is 4. The number of aliphatic hydroxyl groups is 1. The van der Waals surface area contributed by atoms with Gasteiger partial charge in [-0.05, 0) is 48.1 Å². The maximum atomic E-state index is 13.5. The van der Waals surface area contributed by atoms with Gasteiger partial charge in [-0.1, -0.05) is 36.4 Å². The van der Waals surface area contributed by atoms with Gasteiger partial charge in [-0.15, -0.1) is 0 Å². The van der Waals surface area contributed by atoms with Crippen molar-refractivity contribution < 1.29 is 19.0 Å². The predicted molar refractivity (Wildman–Crippen MR) is 103 cm³/mol. The molecule has 0 unspecified atom stereocenters. The Hall–Kier alpha value is -2.28. The molecule has 1 saturated heterocycles. The molecule has 5 nitrogen and oxygen atoms in total. The van der Waals surface area contributed by atoms with Gasteiger partial charge in [0, 0.05) is 6.54 Å². The normalized spacial score (nSPS) is 27.3. The van der Waals surface area contributed by atoms with Crippen molar-refractivity contribution in [2.75, 3.05) is 19.8 Å². The van der Waals surface area contributed by atoms with Crippen molar-refractivity contribution in [3.8, 4) is 0 Å². The van der Waals surface area contributed by atoms with Crippen LogP contribution in [0.1, 0.15) is 35.6 Å². The summed E-state index contributed by atoms with van der Waals surface area (Å²) in [6.45, 7) is 0.570. The van der Waals surface area contributed by atoms with Crippen molar-refractivity contribution in [3.05, 3.63) is 71.0 Å². The van der Waals surface area contributed by atoms with E-state index in [9.17, 15) is 14.3 Å². The van der Waals surface area contributed by atoms with Crippen molar-refractivity contribution in [2.24, 2.45) is 5.73 Å². The van der Waals surface area contributed by atoms with E-state index < -0.39 is 11.6 Å². The number of fused-ring (bicyclic) bond motifs is 1. The summed E-state index contributed by atoms with van der Waals surface area (Å²) in [4.78, 5) is 15.2. The number of aliphatic hydroxyl groups excluding tert-OH is 1. The van der Waals surface area contributed by atoms with Crippen molar-refractivity contribution in [2.45, 2.75) is 36.9 Å². The Morgan fingerprint density at radius 2 is 2.00 bits per heavy atom. The molecule has 3 atom stereocenters. The van der Waals surface area contributed by atoms with E-state index in [1.54, 1.807) is 12.1 Å². The molecule has 0 bridgehead atoms. The third kappa shape index (κ3) is 3.55. The lowest BCUT2D eigenvalue weighted by atomic mass is 9.86. The molecule has 0 radical (unpaired) electrons. The van der Waals surface area contributed by atoms with Crippen molar-refractivity contribution in [1.29, 1.82) is 0 Å². The minimum atomic E-state index is -0.776.